The van der Waals surface area contributed by atoms with Gasteiger partial charge in [-0.05, 0) is 42.5 Å². The number of thiazole rings is 1. The summed E-state index contributed by atoms with van der Waals surface area (Å²) in [5, 5.41) is 4.67. The first-order valence-electron chi connectivity index (χ1n) is 11.1. The second-order valence-corrected chi connectivity index (χ2v) is 9.92. The molecule has 0 bridgehead atoms. The number of hydrogen-bond donors (Lipinski definition) is 2. The van der Waals surface area contributed by atoms with E-state index in [1.165, 1.54) is 27.7 Å². The summed E-state index contributed by atoms with van der Waals surface area (Å²) in [5.74, 6) is 0.510. The summed E-state index contributed by atoms with van der Waals surface area (Å²) in [6.07, 6.45) is 0. The predicted molar refractivity (Wildman–Crippen MR) is 145 cm³/mol. The third-order valence-electron chi connectivity index (χ3n) is 5.70. The van der Waals surface area contributed by atoms with Gasteiger partial charge in [0.25, 0.3) is 5.56 Å². The zero-order valence-electron chi connectivity index (χ0n) is 19.0. The Labute approximate surface area is 213 Å². The molecule has 8 nitrogen and oxygen atoms in total. The lowest BCUT2D eigenvalue weighted by Crippen LogP contribution is -2.23. The van der Waals surface area contributed by atoms with Crippen LogP contribution in [-0.2, 0) is 4.79 Å². The quantitative estimate of drug-likeness (QED) is 0.234. The molecule has 0 spiro atoms. The average Bonchev–Trinajstić information content (AvgIpc) is 3.48. The van der Waals surface area contributed by atoms with Crippen LogP contribution >= 0.6 is 23.1 Å². The van der Waals surface area contributed by atoms with Gasteiger partial charge in [0.15, 0.2) is 10.3 Å². The van der Waals surface area contributed by atoms with Crippen LogP contribution in [0.4, 0.5) is 5.13 Å². The van der Waals surface area contributed by atoms with Gasteiger partial charge in [-0.2, -0.15) is 0 Å². The van der Waals surface area contributed by atoms with Gasteiger partial charge in [-0.25, -0.2) is 9.97 Å². The van der Waals surface area contributed by atoms with Crippen LogP contribution in [0.1, 0.15) is 0 Å². The van der Waals surface area contributed by atoms with Gasteiger partial charge in [-0.15, -0.1) is 0 Å². The number of rotatable bonds is 6. The van der Waals surface area contributed by atoms with Crippen molar-refractivity contribution in [2.24, 2.45) is 0 Å². The number of nitrogens with one attached hydrogen (secondary N) is 2. The molecule has 0 saturated carbocycles. The van der Waals surface area contributed by atoms with E-state index in [1.807, 2.05) is 48.5 Å². The Morgan fingerprint density at radius 2 is 1.83 bits per heavy atom. The van der Waals surface area contributed by atoms with Crippen molar-refractivity contribution in [3.05, 3.63) is 83.2 Å². The second kappa shape index (κ2) is 9.14. The fourth-order valence-electron chi connectivity index (χ4n) is 4.01. The number of aromatic amines is 1. The second-order valence-electron chi connectivity index (χ2n) is 7.95. The molecule has 36 heavy (non-hydrogen) atoms. The molecule has 0 fully saturated rings. The molecule has 0 aliphatic carbocycles. The van der Waals surface area contributed by atoms with Crippen molar-refractivity contribution < 1.29 is 9.53 Å². The van der Waals surface area contributed by atoms with Gasteiger partial charge in [-0.1, -0.05) is 53.4 Å². The molecule has 10 heteroatoms. The molecule has 1 amide bonds. The molecule has 178 valence electrons. The number of aromatic nitrogens is 4. The number of H-pyrrole nitrogens is 1. The SMILES string of the molecule is COc1ccc(-n2c(SCC(=O)Nc3nc4ccccc4s3)nc3c([nH]c4ccccc43)c2=O)cc1. The minimum atomic E-state index is -0.240. The summed E-state index contributed by atoms with van der Waals surface area (Å²) < 4.78 is 7.78. The number of carbonyl (C=O) groups is 1. The van der Waals surface area contributed by atoms with Gasteiger partial charge in [-0.3, -0.25) is 14.2 Å². The van der Waals surface area contributed by atoms with Crippen LogP contribution in [0.3, 0.4) is 0 Å². The van der Waals surface area contributed by atoms with Crippen LogP contribution < -0.4 is 15.6 Å². The van der Waals surface area contributed by atoms with Crippen LogP contribution in [-0.4, -0.2) is 38.3 Å². The van der Waals surface area contributed by atoms with Crippen molar-refractivity contribution in [2.75, 3.05) is 18.2 Å². The number of methoxy groups -OCH3 is 1. The number of amides is 1. The maximum absolute atomic E-state index is 13.6. The van der Waals surface area contributed by atoms with E-state index in [9.17, 15) is 9.59 Å². The highest BCUT2D eigenvalue weighted by Gasteiger charge is 2.18. The minimum Gasteiger partial charge on any atom is -0.497 e. The highest BCUT2D eigenvalue weighted by atomic mass is 32.2. The number of nitrogens with zero attached hydrogens (tertiary/aromatic N) is 3. The average molecular weight is 514 g/mol. The summed E-state index contributed by atoms with van der Waals surface area (Å²) in [6.45, 7) is 0. The first-order valence-corrected chi connectivity index (χ1v) is 12.9. The summed E-state index contributed by atoms with van der Waals surface area (Å²) in [4.78, 5) is 38.9. The third-order valence-corrected chi connectivity index (χ3v) is 7.59. The van der Waals surface area contributed by atoms with Gasteiger partial charge in [0.1, 0.15) is 16.8 Å². The highest BCUT2D eigenvalue weighted by molar-refractivity contribution is 7.99. The number of benzene rings is 3. The zero-order valence-corrected chi connectivity index (χ0v) is 20.7. The van der Waals surface area contributed by atoms with Gasteiger partial charge in [0, 0.05) is 10.9 Å². The molecule has 0 radical (unpaired) electrons. The molecule has 0 atom stereocenters. The Morgan fingerprint density at radius 1 is 1.06 bits per heavy atom. The van der Waals surface area contributed by atoms with E-state index in [2.05, 4.69) is 15.3 Å². The Balaban J connectivity index is 1.37. The Hall–Kier alpha value is -4.15. The Bertz CT molecular complexity index is 1770. The number of ether oxygens (including phenoxy) is 1. The molecule has 0 aliphatic heterocycles. The number of anilines is 1. The molecule has 0 saturated heterocycles. The number of fused-ring (bicyclic) bond motifs is 4. The number of carbonyl (C=O) groups excluding carboxylic acids is 1. The predicted octanol–water partition coefficient (Wildman–Crippen LogP) is 5.22. The Kier molecular flexibility index (Phi) is 5.67. The van der Waals surface area contributed by atoms with E-state index in [1.54, 1.807) is 31.4 Å². The van der Waals surface area contributed by atoms with Crippen LogP contribution in [0.25, 0.3) is 37.8 Å². The summed E-state index contributed by atoms with van der Waals surface area (Å²) in [6, 6.07) is 22.5. The smallest absolute Gasteiger partial charge is 0.283 e. The fraction of sp³-hybridized carbons (Fsp3) is 0.0769. The summed E-state index contributed by atoms with van der Waals surface area (Å²) >= 11 is 2.62. The maximum atomic E-state index is 13.6. The summed E-state index contributed by atoms with van der Waals surface area (Å²) in [5.41, 5.74) is 3.04. The molecule has 2 N–H and O–H groups in total. The van der Waals surface area contributed by atoms with Crippen molar-refractivity contribution in [2.45, 2.75) is 5.16 Å². The molecule has 3 aromatic carbocycles. The molecular formula is C26H19N5O3S2. The van der Waals surface area contributed by atoms with Crippen molar-refractivity contribution in [1.82, 2.24) is 19.5 Å². The van der Waals surface area contributed by atoms with E-state index in [0.29, 0.717) is 32.8 Å². The lowest BCUT2D eigenvalue weighted by atomic mass is 10.2. The standard InChI is InChI=1S/C26H19N5O3S2/c1-34-16-12-10-15(11-13-16)31-24(33)23-22(17-6-2-3-7-18(17)27-23)30-26(31)35-14-21(32)29-25-28-19-8-4-5-9-20(19)36-25/h2-13,27H,14H2,1H3,(H,28,29,32). The first-order chi connectivity index (χ1) is 17.6. The van der Waals surface area contributed by atoms with Crippen LogP contribution in [0.5, 0.6) is 5.75 Å². The fourth-order valence-corrected chi connectivity index (χ4v) is 5.70. The van der Waals surface area contributed by atoms with Gasteiger partial charge in [0.2, 0.25) is 5.91 Å². The minimum absolute atomic E-state index is 0.0619. The van der Waals surface area contributed by atoms with E-state index >= 15 is 0 Å². The largest absolute Gasteiger partial charge is 0.497 e. The van der Waals surface area contributed by atoms with Gasteiger partial charge >= 0.3 is 0 Å². The molecule has 6 rings (SSSR count). The number of para-hydroxylation sites is 2. The van der Waals surface area contributed by atoms with Crippen LogP contribution in [0.15, 0.2) is 82.7 Å². The summed E-state index contributed by atoms with van der Waals surface area (Å²) in [7, 11) is 1.59. The first kappa shape index (κ1) is 22.3. The van der Waals surface area contributed by atoms with Crippen molar-refractivity contribution in [3.63, 3.8) is 0 Å². The van der Waals surface area contributed by atoms with E-state index in [4.69, 9.17) is 9.72 Å². The maximum Gasteiger partial charge on any atom is 0.283 e. The van der Waals surface area contributed by atoms with Crippen LogP contribution in [0.2, 0.25) is 0 Å². The van der Waals surface area contributed by atoms with E-state index in [-0.39, 0.29) is 17.2 Å². The molecule has 6 aromatic rings. The number of hydrogen-bond acceptors (Lipinski definition) is 7. The Morgan fingerprint density at radius 3 is 2.64 bits per heavy atom. The zero-order chi connectivity index (χ0) is 24.6. The van der Waals surface area contributed by atoms with E-state index < -0.39 is 0 Å². The van der Waals surface area contributed by atoms with Gasteiger partial charge in [0.05, 0.1) is 28.8 Å². The molecule has 3 heterocycles. The lowest BCUT2D eigenvalue weighted by Gasteiger charge is -2.12. The van der Waals surface area contributed by atoms with Gasteiger partial charge < -0.3 is 15.0 Å². The van der Waals surface area contributed by atoms with Crippen molar-refractivity contribution in [3.8, 4) is 11.4 Å². The topological polar surface area (TPSA) is 102 Å². The number of thioether (sulfide) groups is 1. The van der Waals surface area contributed by atoms with Crippen molar-refractivity contribution in [1.29, 1.82) is 0 Å². The highest BCUT2D eigenvalue weighted by Crippen LogP contribution is 2.28. The molecule has 0 unspecified atom stereocenters. The normalized spacial score (nSPS) is 11.4. The third kappa shape index (κ3) is 4.00. The molecule has 0 aliphatic rings. The molecular weight excluding hydrogens is 494 g/mol. The van der Waals surface area contributed by atoms with Crippen LogP contribution in [0, 0.1) is 0 Å². The van der Waals surface area contributed by atoms with E-state index in [0.717, 1.165) is 21.1 Å². The molecule has 3 aromatic heterocycles. The lowest BCUT2D eigenvalue weighted by molar-refractivity contribution is -0.113. The van der Waals surface area contributed by atoms with Crippen molar-refractivity contribution >= 4 is 66.3 Å². The monoisotopic (exact) mass is 513 g/mol.